The number of carbonyl (C=O) groups excluding carboxylic acids is 2. The molecule has 25 heavy (non-hydrogen) atoms. The van der Waals surface area contributed by atoms with Crippen molar-refractivity contribution in [2.75, 3.05) is 12.0 Å². The van der Waals surface area contributed by atoms with Crippen LogP contribution in [0.3, 0.4) is 0 Å². The second-order valence-corrected chi connectivity index (χ2v) is 5.66. The van der Waals surface area contributed by atoms with Crippen LogP contribution in [-0.4, -0.2) is 38.3 Å². The van der Waals surface area contributed by atoms with Crippen molar-refractivity contribution in [1.29, 1.82) is 0 Å². The van der Waals surface area contributed by atoms with Gasteiger partial charge in [0.15, 0.2) is 11.5 Å². The lowest BCUT2D eigenvalue weighted by Gasteiger charge is -2.18. The molecule has 3 aromatic heterocycles. The van der Waals surface area contributed by atoms with Crippen LogP contribution in [0.25, 0.3) is 16.7 Å². The summed E-state index contributed by atoms with van der Waals surface area (Å²) in [5, 5.41) is 0. The zero-order valence-corrected chi connectivity index (χ0v) is 14.8. The average Bonchev–Trinajstić information content (AvgIpc) is 2.91. The molecule has 130 valence electrons. The van der Waals surface area contributed by atoms with E-state index in [9.17, 15) is 9.59 Å². The molecule has 0 aliphatic rings. The molecule has 3 heterocycles. The molecule has 8 nitrogen and oxygen atoms in total. The molecule has 2 amide bonds. The number of carbonyl (C=O) groups is 2. The van der Waals surface area contributed by atoms with E-state index in [1.807, 2.05) is 18.2 Å². The van der Waals surface area contributed by atoms with Crippen LogP contribution in [0.4, 0.5) is 5.82 Å². The van der Waals surface area contributed by atoms with Crippen molar-refractivity contribution < 1.29 is 14.3 Å². The number of hydrogen-bond donors (Lipinski definition) is 0. The number of nitrogens with zero attached hydrogens (tertiary/aromatic N) is 5. The fraction of sp³-hybridized carbons (Fsp3) is 0.353. The Morgan fingerprint density at radius 2 is 1.84 bits per heavy atom. The van der Waals surface area contributed by atoms with Crippen LogP contribution in [0.2, 0.25) is 0 Å². The first kappa shape index (κ1) is 16.8. The van der Waals surface area contributed by atoms with Crippen molar-refractivity contribution >= 4 is 34.3 Å². The molecular weight excluding hydrogens is 322 g/mol. The maximum absolute atomic E-state index is 12.1. The Morgan fingerprint density at radius 3 is 2.40 bits per heavy atom. The van der Waals surface area contributed by atoms with Crippen LogP contribution in [0.15, 0.2) is 12.1 Å². The van der Waals surface area contributed by atoms with E-state index in [0.717, 1.165) is 10.7 Å². The van der Waals surface area contributed by atoms with Gasteiger partial charge in [-0.15, -0.1) is 0 Å². The minimum absolute atomic E-state index is 0.268. The van der Waals surface area contributed by atoms with Gasteiger partial charge in [0.25, 0.3) is 0 Å². The molecule has 0 unspecified atom stereocenters. The molecule has 0 aliphatic heterocycles. The highest BCUT2D eigenvalue weighted by Crippen LogP contribution is 2.29. The lowest BCUT2D eigenvalue weighted by atomic mass is 10.3. The monoisotopic (exact) mass is 341 g/mol. The van der Waals surface area contributed by atoms with Gasteiger partial charge in [-0.05, 0) is 13.0 Å². The van der Waals surface area contributed by atoms with Gasteiger partial charge in [0.2, 0.25) is 17.7 Å². The van der Waals surface area contributed by atoms with E-state index in [2.05, 4.69) is 15.0 Å². The molecule has 3 rings (SSSR count). The smallest absolute Gasteiger partial charge is 0.231 e. The van der Waals surface area contributed by atoms with E-state index >= 15 is 0 Å². The number of methoxy groups -OCH3 is 1. The van der Waals surface area contributed by atoms with Crippen LogP contribution in [0, 0.1) is 6.92 Å². The van der Waals surface area contributed by atoms with Crippen molar-refractivity contribution in [3.8, 4) is 5.88 Å². The van der Waals surface area contributed by atoms with Crippen LogP contribution < -0.4 is 9.64 Å². The number of hydrogen-bond acceptors (Lipinski definition) is 6. The SMILES string of the molecule is CCc1nc(C)c2c(N(C(C)=O)C(C)=O)nc3ccc(OC)nc3n12. The van der Waals surface area contributed by atoms with Crippen LogP contribution in [0.1, 0.15) is 32.3 Å². The maximum Gasteiger partial charge on any atom is 0.231 e. The molecule has 0 aliphatic carbocycles. The second kappa shape index (κ2) is 6.12. The summed E-state index contributed by atoms with van der Waals surface area (Å²) in [5.74, 6) is 0.688. The molecule has 0 fully saturated rings. The Bertz CT molecular complexity index is 995. The van der Waals surface area contributed by atoms with E-state index in [1.54, 1.807) is 19.2 Å². The summed E-state index contributed by atoms with van der Waals surface area (Å²) in [5.41, 5.74) is 2.39. The number of pyridine rings is 1. The molecule has 0 atom stereocenters. The molecule has 8 heteroatoms. The highest BCUT2D eigenvalue weighted by Gasteiger charge is 2.25. The first-order valence-corrected chi connectivity index (χ1v) is 7.93. The average molecular weight is 341 g/mol. The van der Waals surface area contributed by atoms with Gasteiger partial charge in [-0.3, -0.25) is 14.0 Å². The van der Waals surface area contributed by atoms with Gasteiger partial charge in [-0.2, -0.15) is 4.98 Å². The van der Waals surface area contributed by atoms with Gasteiger partial charge < -0.3 is 4.74 Å². The number of aryl methyl sites for hydroxylation is 2. The Kier molecular flexibility index (Phi) is 4.12. The van der Waals surface area contributed by atoms with Gasteiger partial charge in [-0.25, -0.2) is 14.9 Å². The summed E-state index contributed by atoms with van der Waals surface area (Å²) in [6.07, 6.45) is 0.659. The summed E-state index contributed by atoms with van der Waals surface area (Å²) in [6.45, 7) is 6.48. The summed E-state index contributed by atoms with van der Waals surface area (Å²) in [4.78, 5) is 38.8. The molecule has 0 saturated heterocycles. The van der Waals surface area contributed by atoms with E-state index < -0.39 is 11.8 Å². The number of anilines is 1. The maximum atomic E-state index is 12.1. The minimum atomic E-state index is -0.402. The third-order valence-corrected chi connectivity index (χ3v) is 3.97. The Labute approximate surface area is 144 Å². The normalized spacial score (nSPS) is 11.1. The highest BCUT2D eigenvalue weighted by molar-refractivity contribution is 6.15. The lowest BCUT2D eigenvalue weighted by molar-refractivity contribution is -0.124. The topological polar surface area (TPSA) is 89.7 Å². The molecule has 0 radical (unpaired) electrons. The van der Waals surface area contributed by atoms with E-state index in [4.69, 9.17) is 4.74 Å². The Balaban J connectivity index is 2.51. The zero-order valence-electron chi connectivity index (χ0n) is 14.8. The Morgan fingerprint density at radius 1 is 1.16 bits per heavy atom. The third-order valence-electron chi connectivity index (χ3n) is 3.97. The number of imide groups is 1. The van der Waals surface area contributed by atoms with E-state index in [0.29, 0.717) is 34.7 Å². The largest absolute Gasteiger partial charge is 0.481 e. The third kappa shape index (κ3) is 2.59. The van der Waals surface area contributed by atoms with Crippen molar-refractivity contribution in [3.05, 3.63) is 23.7 Å². The number of imidazole rings is 1. The summed E-state index contributed by atoms with van der Waals surface area (Å²) >= 11 is 0. The number of fused-ring (bicyclic) bond motifs is 3. The zero-order chi connectivity index (χ0) is 18.3. The summed E-state index contributed by atoms with van der Waals surface area (Å²) in [7, 11) is 1.54. The number of ether oxygens (including phenoxy) is 1. The fourth-order valence-electron chi connectivity index (χ4n) is 2.95. The highest BCUT2D eigenvalue weighted by atomic mass is 16.5. The van der Waals surface area contributed by atoms with Crippen molar-refractivity contribution in [3.63, 3.8) is 0 Å². The minimum Gasteiger partial charge on any atom is -0.481 e. The van der Waals surface area contributed by atoms with Crippen molar-refractivity contribution in [2.24, 2.45) is 0 Å². The molecule has 0 aromatic carbocycles. The number of rotatable bonds is 3. The first-order valence-electron chi connectivity index (χ1n) is 7.93. The van der Waals surface area contributed by atoms with Gasteiger partial charge in [-0.1, -0.05) is 6.92 Å². The van der Waals surface area contributed by atoms with Crippen molar-refractivity contribution in [1.82, 2.24) is 19.4 Å². The van der Waals surface area contributed by atoms with Gasteiger partial charge >= 0.3 is 0 Å². The Hall–Kier alpha value is -3.03. The van der Waals surface area contributed by atoms with Gasteiger partial charge in [0.1, 0.15) is 16.9 Å². The second-order valence-electron chi connectivity index (χ2n) is 5.66. The van der Waals surface area contributed by atoms with Crippen molar-refractivity contribution in [2.45, 2.75) is 34.1 Å². The number of amides is 2. The van der Waals surface area contributed by atoms with Gasteiger partial charge in [0.05, 0.1) is 12.8 Å². The molecule has 0 N–H and O–H groups in total. The van der Waals surface area contributed by atoms with Crippen LogP contribution in [-0.2, 0) is 16.0 Å². The molecule has 0 bridgehead atoms. The predicted octanol–water partition coefficient (Wildman–Crippen LogP) is 2.06. The standard InChI is InChI=1S/C17H19N5O3/c1-6-13-18-9(2)15-17(21(10(3)23)11(4)24)19-12-7-8-14(25-5)20-16(12)22(13)15/h7-8H,6H2,1-5H3. The van der Waals surface area contributed by atoms with Gasteiger partial charge in [0, 0.05) is 26.3 Å². The lowest BCUT2D eigenvalue weighted by Crippen LogP contribution is -2.34. The predicted molar refractivity (Wildman–Crippen MR) is 92.8 cm³/mol. The molecule has 3 aromatic rings. The fourth-order valence-corrected chi connectivity index (χ4v) is 2.95. The quantitative estimate of drug-likeness (QED) is 0.724. The molecule has 0 spiro atoms. The summed E-state index contributed by atoms with van der Waals surface area (Å²) < 4.78 is 7.06. The van der Waals surface area contributed by atoms with Crippen LogP contribution in [0.5, 0.6) is 5.88 Å². The van der Waals surface area contributed by atoms with E-state index in [-0.39, 0.29) is 5.82 Å². The molecule has 0 saturated carbocycles. The van der Waals surface area contributed by atoms with Crippen LogP contribution >= 0.6 is 0 Å². The number of aromatic nitrogens is 4. The molecular formula is C17H19N5O3. The first-order chi connectivity index (χ1) is 11.9. The van der Waals surface area contributed by atoms with E-state index in [1.165, 1.54) is 13.8 Å². The summed E-state index contributed by atoms with van der Waals surface area (Å²) in [6, 6.07) is 3.43.